The maximum absolute atomic E-state index is 12.9. The molecule has 5 nitrogen and oxygen atoms in total. The number of carbonyl (C=O) groups excluding carboxylic acids is 1. The quantitative estimate of drug-likeness (QED) is 0.735. The number of benzene rings is 1. The van der Waals surface area contributed by atoms with Gasteiger partial charge in [0, 0.05) is 19.0 Å². The van der Waals surface area contributed by atoms with Crippen molar-refractivity contribution in [1.29, 1.82) is 0 Å². The first kappa shape index (κ1) is 22.3. The first-order chi connectivity index (χ1) is 11.8. The van der Waals surface area contributed by atoms with Crippen LogP contribution in [0.4, 0.5) is 18.9 Å². The van der Waals surface area contributed by atoms with Crippen molar-refractivity contribution in [3.05, 3.63) is 29.8 Å². The monoisotopic (exact) mass is 394 g/mol. The number of rotatable bonds is 8. The molecule has 1 atom stereocenters. The summed E-state index contributed by atoms with van der Waals surface area (Å²) in [5.41, 5.74) is -0.995. The Kier molecular flexibility index (Phi) is 7.49. The van der Waals surface area contributed by atoms with Crippen LogP contribution in [-0.2, 0) is 21.0 Å². The van der Waals surface area contributed by atoms with Gasteiger partial charge in [0.25, 0.3) is 0 Å². The standard InChI is InChI=1S/C17H25F3N2O3S/c1-12(2)13(3)21-16(23)9-6-10-22(26(4,24)25)15-8-5-7-14(11-15)17(18,19)20/h5,7-8,11-13H,6,9-10H2,1-4H3,(H,21,23). The van der Waals surface area contributed by atoms with E-state index in [0.717, 1.165) is 28.8 Å². The predicted molar refractivity (Wildman–Crippen MR) is 95.3 cm³/mol. The van der Waals surface area contributed by atoms with Gasteiger partial charge in [-0.3, -0.25) is 9.10 Å². The molecule has 1 unspecified atom stereocenters. The molecule has 0 fully saturated rings. The van der Waals surface area contributed by atoms with Crippen molar-refractivity contribution in [3.63, 3.8) is 0 Å². The molecule has 1 aromatic rings. The average Bonchev–Trinajstić information content (AvgIpc) is 2.49. The third-order valence-electron chi connectivity index (χ3n) is 4.02. The number of sulfonamides is 1. The molecule has 0 radical (unpaired) electrons. The summed E-state index contributed by atoms with van der Waals surface area (Å²) in [4.78, 5) is 11.9. The second kappa shape index (κ2) is 8.75. The Morgan fingerprint density at radius 3 is 2.35 bits per heavy atom. The molecule has 0 aliphatic carbocycles. The molecule has 26 heavy (non-hydrogen) atoms. The fraction of sp³-hybridized carbons (Fsp3) is 0.588. The number of alkyl halides is 3. The minimum Gasteiger partial charge on any atom is -0.353 e. The van der Waals surface area contributed by atoms with E-state index in [1.807, 2.05) is 20.8 Å². The van der Waals surface area contributed by atoms with Gasteiger partial charge in [-0.1, -0.05) is 19.9 Å². The highest BCUT2D eigenvalue weighted by Gasteiger charge is 2.31. The van der Waals surface area contributed by atoms with Gasteiger partial charge in [0.15, 0.2) is 0 Å². The van der Waals surface area contributed by atoms with Crippen LogP contribution < -0.4 is 9.62 Å². The van der Waals surface area contributed by atoms with Crippen LogP contribution in [0.25, 0.3) is 0 Å². The van der Waals surface area contributed by atoms with Gasteiger partial charge in [0.1, 0.15) is 0 Å². The largest absolute Gasteiger partial charge is 0.416 e. The Morgan fingerprint density at radius 2 is 1.85 bits per heavy atom. The molecule has 9 heteroatoms. The SMILES string of the molecule is CC(C)C(C)NC(=O)CCCN(c1cccc(C(F)(F)F)c1)S(C)(=O)=O. The lowest BCUT2D eigenvalue weighted by Crippen LogP contribution is -2.37. The Labute approximate surface area is 152 Å². The summed E-state index contributed by atoms with van der Waals surface area (Å²) in [6.45, 7) is 5.71. The summed E-state index contributed by atoms with van der Waals surface area (Å²) in [7, 11) is -3.78. The van der Waals surface area contributed by atoms with E-state index in [0.29, 0.717) is 0 Å². The highest BCUT2D eigenvalue weighted by atomic mass is 32.2. The van der Waals surface area contributed by atoms with Crippen molar-refractivity contribution in [3.8, 4) is 0 Å². The molecule has 0 spiro atoms. The topological polar surface area (TPSA) is 66.5 Å². The van der Waals surface area contributed by atoms with E-state index in [9.17, 15) is 26.4 Å². The zero-order valence-electron chi connectivity index (χ0n) is 15.3. The van der Waals surface area contributed by atoms with E-state index in [4.69, 9.17) is 0 Å². The molecular weight excluding hydrogens is 369 g/mol. The smallest absolute Gasteiger partial charge is 0.353 e. The van der Waals surface area contributed by atoms with Crippen LogP contribution in [-0.4, -0.2) is 33.2 Å². The molecule has 0 aliphatic heterocycles. The Morgan fingerprint density at radius 1 is 1.23 bits per heavy atom. The van der Waals surface area contributed by atoms with E-state index >= 15 is 0 Å². The van der Waals surface area contributed by atoms with Crippen molar-refractivity contribution >= 4 is 21.6 Å². The number of hydrogen-bond donors (Lipinski definition) is 1. The second-order valence-electron chi connectivity index (χ2n) is 6.59. The fourth-order valence-electron chi connectivity index (χ4n) is 2.20. The van der Waals surface area contributed by atoms with Crippen molar-refractivity contribution in [2.24, 2.45) is 5.92 Å². The minimum absolute atomic E-state index is 0.0167. The van der Waals surface area contributed by atoms with Gasteiger partial charge in [0.05, 0.1) is 17.5 Å². The van der Waals surface area contributed by atoms with Crippen LogP contribution in [0.3, 0.4) is 0 Å². The molecular formula is C17H25F3N2O3S. The van der Waals surface area contributed by atoms with E-state index in [1.165, 1.54) is 6.07 Å². The summed E-state index contributed by atoms with van der Waals surface area (Å²) in [6, 6.07) is 4.12. The molecule has 0 aliphatic rings. The number of halogens is 3. The van der Waals surface area contributed by atoms with Crippen molar-refractivity contribution in [1.82, 2.24) is 5.32 Å². The molecule has 1 amide bonds. The van der Waals surface area contributed by atoms with E-state index in [1.54, 1.807) is 0 Å². The summed E-state index contributed by atoms with van der Waals surface area (Å²) < 4.78 is 63.4. The van der Waals surface area contributed by atoms with E-state index < -0.39 is 21.8 Å². The van der Waals surface area contributed by atoms with Crippen LogP contribution in [0.2, 0.25) is 0 Å². The Hall–Kier alpha value is -1.77. The molecule has 0 aromatic heterocycles. The molecule has 1 rings (SSSR count). The van der Waals surface area contributed by atoms with Crippen LogP contribution in [0.15, 0.2) is 24.3 Å². The number of amides is 1. The van der Waals surface area contributed by atoms with Crippen molar-refractivity contribution in [2.75, 3.05) is 17.1 Å². The number of anilines is 1. The second-order valence-corrected chi connectivity index (χ2v) is 8.49. The number of hydrogen-bond acceptors (Lipinski definition) is 3. The first-order valence-corrected chi connectivity index (χ1v) is 10.1. The Balaban J connectivity index is 2.83. The zero-order valence-corrected chi connectivity index (χ0v) is 16.1. The Bertz CT molecular complexity index is 718. The summed E-state index contributed by atoms with van der Waals surface area (Å²) in [6.07, 6.45) is -3.36. The van der Waals surface area contributed by atoms with Crippen molar-refractivity contribution in [2.45, 2.75) is 45.8 Å². The highest BCUT2D eigenvalue weighted by Crippen LogP contribution is 2.32. The third kappa shape index (κ3) is 6.86. The summed E-state index contributed by atoms with van der Waals surface area (Å²) in [5, 5.41) is 2.80. The van der Waals surface area contributed by atoms with Crippen LogP contribution >= 0.6 is 0 Å². The lowest BCUT2D eigenvalue weighted by molar-refractivity contribution is -0.137. The lowest BCUT2D eigenvalue weighted by atomic mass is 10.1. The highest BCUT2D eigenvalue weighted by molar-refractivity contribution is 7.92. The van der Waals surface area contributed by atoms with Crippen LogP contribution in [0, 0.1) is 5.92 Å². The van der Waals surface area contributed by atoms with Gasteiger partial charge < -0.3 is 5.32 Å². The van der Waals surface area contributed by atoms with Crippen molar-refractivity contribution < 1.29 is 26.4 Å². The normalized spacial score (nSPS) is 13.5. The van der Waals surface area contributed by atoms with Gasteiger partial charge in [-0.2, -0.15) is 13.2 Å². The molecule has 148 valence electrons. The molecule has 0 saturated heterocycles. The average molecular weight is 394 g/mol. The minimum atomic E-state index is -4.56. The van der Waals surface area contributed by atoms with Crippen LogP contribution in [0.1, 0.15) is 39.2 Å². The van der Waals surface area contributed by atoms with E-state index in [-0.39, 0.29) is 42.9 Å². The maximum atomic E-state index is 12.9. The zero-order chi connectivity index (χ0) is 20.1. The summed E-state index contributed by atoms with van der Waals surface area (Å²) in [5.74, 6) is 0.0419. The van der Waals surface area contributed by atoms with Gasteiger partial charge in [0.2, 0.25) is 15.9 Å². The molecule has 0 heterocycles. The molecule has 0 bridgehead atoms. The number of carbonyl (C=O) groups is 1. The molecule has 0 saturated carbocycles. The van der Waals surface area contributed by atoms with Gasteiger partial charge in [-0.05, 0) is 37.5 Å². The third-order valence-corrected chi connectivity index (χ3v) is 5.21. The first-order valence-electron chi connectivity index (χ1n) is 8.26. The van der Waals surface area contributed by atoms with Gasteiger partial charge >= 0.3 is 6.18 Å². The predicted octanol–water partition coefficient (Wildman–Crippen LogP) is 3.41. The van der Waals surface area contributed by atoms with Gasteiger partial charge in [-0.25, -0.2) is 8.42 Å². The van der Waals surface area contributed by atoms with Crippen LogP contribution in [0.5, 0.6) is 0 Å². The lowest BCUT2D eigenvalue weighted by Gasteiger charge is -2.23. The number of nitrogens with one attached hydrogen (secondary N) is 1. The maximum Gasteiger partial charge on any atom is 0.416 e. The van der Waals surface area contributed by atoms with Gasteiger partial charge in [-0.15, -0.1) is 0 Å². The molecule has 1 aromatic carbocycles. The number of nitrogens with zero attached hydrogens (tertiary/aromatic N) is 1. The van der Waals surface area contributed by atoms with E-state index in [2.05, 4.69) is 5.32 Å². The molecule has 1 N–H and O–H groups in total. The summed E-state index contributed by atoms with van der Waals surface area (Å²) >= 11 is 0. The fourth-order valence-corrected chi connectivity index (χ4v) is 3.16.